The number of aromatic nitrogens is 5. The SMILES string of the molecule is CCn1c(=O)n(Cc2cc3c(Cl)cccc3[nH]2)c(=O)c2c1nc(/C(C)=N\O)n2C. The number of nitrogens with zero attached hydrogens (tertiary/aromatic N) is 5. The number of oxime groups is 1. The van der Waals surface area contributed by atoms with Gasteiger partial charge in [-0.3, -0.25) is 13.9 Å². The van der Waals surface area contributed by atoms with Crippen LogP contribution in [-0.4, -0.2) is 34.6 Å². The van der Waals surface area contributed by atoms with Gasteiger partial charge < -0.3 is 14.8 Å². The molecule has 0 radical (unpaired) electrons. The molecule has 0 bridgehead atoms. The molecular weight excluding hydrogens is 396 g/mol. The van der Waals surface area contributed by atoms with Crippen molar-refractivity contribution in [1.82, 2.24) is 23.7 Å². The molecule has 0 aliphatic rings. The fourth-order valence-electron chi connectivity index (χ4n) is 3.59. The highest BCUT2D eigenvalue weighted by Gasteiger charge is 2.21. The fourth-order valence-corrected chi connectivity index (χ4v) is 3.82. The normalized spacial score (nSPS) is 12.3. The molecule has 0 amide bonds. The topological polar surface area (TPSA) is 110 Å². The van der Waals surface area contributed by atoms with Gasteiger partial charge in [0.1, 0.15) is 5.71 Å². The molecule has 150 valence electrons. The van der Waals surface area contributed by atoms with Crippen LogP contribution in [0.2, 0.25) is 5.02 Å². The van der Waals surface area contributed by atoms with Gasteiger partial charge in [0.25, 0.3) is 5.56 Å². The van der Waals surface area contributed by atoms with E-state index in [2.05, 4.69) is 15.1 Å². The van der Waals surface area contributed by atoms with Crippen LogP contribution in [-0.2, 0) is 20.1 Å². The van der Waals surface area contributed by atoms with Crippen LogP contribution in [0.25, 0.3) is 22.1 Å². The molecule has 1 aromatic carbocycles. The molecule has 9 nitrogen and oxygen atoms in total. The van der Waals surface area contributed by atoms with Crippen LogP contribution >= 0.6 is 11.6 Å². The van der Waals surface area contributed by atoms with Gasteiger partial charge in [0.2, 0.25) is 0 Å². The lowest BCUT2D eigenvalue weighted by molar-refractivity contribution is 0.318. The summed E-state index contributed by atoms with van der Waals surface area (Å²) in [5, 5.41) is 13.7. The molecule has 0 saturated carbocycles. The molecule has 3 heterocycles. The summed E-state index contributed by atoms with van der Waals surface area (Å²) < 4.78 is 4.14. The number of rotatable bonds is 4. The number of fused-ring (bicyclic) bond motifs is 2. The predicted molar refractivity (Wildman–Crippen MR) is 111 cm³/mol. The van der Waals surface area contributed by atoms with E-state index in [1.54, 1.807) is 27.0 Å². The molecule has 4 rings (SSSR count). The van der Waals surface area contributed by atoms with E-state index in [-0.39, 0.29) is 23.4 Å². The number of halogens is 1. The van der Waals surface area contributed by atoms with Gasteiger partial charge in [-0.1, -0.05) is 22.8 Å². The van der Waals surface area contributed by atoms with Gasteiger partial charge in [0.05, 0.1) is 6.54 Å². The maximum atomic E-state index is 13.2. The van der Waals surface area contributed by atoms with Crippen LogP contribution < -0.4 is 11.2 Å². The predicted octanol–water partition coefficient (Wildman–Crippen LogP) is 2.30. The van der Waals surface area contributed by atoms with E-state index in [4.69, 9.17) is 16.8 Å². The lowest BCUT2D eigenvalue weighted by atomic mass is 10.2. The van der Waals surface area contributed by atoms with Crippen LogP contribution in [0.3, 0.4) is 0 Å². The summed E-state index contributed by atoms with van der Waals surface area (Å²) in [5.74, 6) is 0.316. The quantitative estimate of drug-likeness (QED) is 0.303. The number of imidazole rings is 1. The smallest absolute Gasteiger partial charge is 0.333 e. The first-order valence-corrected chi connectivity index (χ1v) is 9.40. The number of hydrogen-bond acceptors (Lipinski definition) is 5. The van der Waals surface area contributed by atoms with Gasteiger partial charge in [0, 0.05) is 35.2 Å². The summed E-state index contributed by atoms with van der Waals surface area (Å²) in [6.45, 7) is 3.77. The van der Waals surface area contributed by atoms with Gasteiger partial charge in [-0.2, -0.15) is 0 Å². The van der Waals surface area contributed by atoms with Crippen molar-refractivity contribution in [3.8, 4) is 0 Å². The first-order valence-electron chi connectivity index (χ1n) is 9.02. The zero-order valence-corrected chi connectivity index (χ0v) is 16.9. The van der Waals surface area contributed by atoms with Crippen molar-refractivity contribution in [2.75, 3.05) is 0 Å². The van der Waals surface area contributed by atoms with E-state index in [0.717, 1.165) is 10.9 Å². The third-order valence-electron chi connectivity index (χ3n) is 5.03. The maximum Gasteiger partial charge on any atom is 0.333 e. The minimum Gasteiger partial charge on any atom is -0.411 e. The zero-order valence-electron chi connectivity index (χ0n) is 16.1. The average Bonchev–Trinajstić information content (AvgIpc) is 3.27. The molecule has 0 aliphatic heterocycles. The Balaban J connectivity index is 1.96. The zero-order chi connectivity index (χ0) is 20.9. The van der Waals surface area contributed by atoms with Gasteiger partial charge >= 0.3 is 5.69 Å². The van der Waals surface area contributed by atoms with Crippen molar-refractivity contribution in [1.29, 1.82) is 0 Å². The first kappa shape index (κ1) is 19.0. The third-order valence-corrected chi connectivity index (χ3v) is 5.36. The van der Waals surface area contributed by atoms with E-state index in [1.807, 2.05) is 18.2 Å². The van der Waals surface area contributed by atoms with Crippen molar-refractivity contribution >= 4 is 39.4 Å². The molecule has 29 heavy (non-hydrogen) atoms. The Morgan fingerprint density at radius 1 is 1.31 bits per heavy atom. The Hall–Kier alpha value is -3.33. The van der Waals surface area contributed by atoms with Crippen molar-refractivity contribution in [3.05, 3.63) is 61.6 Å². The van der Waals surface area contributed by atoms with Crippen molar-refractivity contribution in [3.63, 3.8) is 0 Å². The largest absolute Gasteiger partial charge is 0.411 e. The van der Waals surface area contributed by atoms with Crippen LogP contribution in [0.4, 0.5) is 0 Å². The van der Waals surface area contributed by atoms with E-state index < -0.39 is 11.2 Å². The van der Waals surface area contributed by atoms with Crippen molar-refractivity contribution in [2.45, 2.75) is 26.9 Å². The summed E-state index contributed by atoms with van der Waals surface area (Å²) >= 11 is 6.23. The Labute approximate surface area is 169 Å². The molecule has 0 unspecified atom stereocenters. The fraction of sp³-hybridized carbons (Fsp3) is 0.263. The minimum atomic E-state index is -0.466. The summed E-state index contributed by atoms with van der Waals surface area (Å²) in [6.07, 6.45) is 0. The Bertz CT molecular complexity index is 1410. The number of aryl methyl sites for hydroxylation is 2. The Kier molecular flexibility index (Phi) is 4.54. The molecule has 0 fully saturated rings. The summed E-state index contributed by atoms with van der Waals surface area (Å²) in [4.78, 5) is 33.8. The molecule has 2 N–H and O–H groups in total. The average molecular weight is 415 g/mol. The second-order valence-corrected chi connectivity index (χ2v) is 7.17. The van der Waals surface area contributed by atoms with Crippen LogP contribution in [0, 0.1) is 0 Å². The highest BCUT2D eigenvalue weighted by atomic mass is 35.5. The van der Waals surface area contributed by atoms with Gasteiger partial charge in [-0.15, -0.1) is 0 Å². The summed E-state index contributed by atoms with van der Waals surface area (Å²) in [5.41, 5.74) is 1.36. The number of benzene rings is 1. The second-order valence-electron chi connectivity index (χ2n) is 6.77. The highest BCUT2D eigenvalue weighted by molar-refractivity contribution is 6.35. The summed E-state index contributed by atoms with van der Waals surface area (Å²) in [7, 11) is 1.65. The lowest BCUT2D eigenvalue weighted by Crippen LogP contribution is -2.40. The second kappa shape index (κ2) is 6.93. The van der Waals surface area contributed by atoms with E-state index in [9.17, 15) is 9.59 Å². The van der Waals surface area contributed by atoms with Crippen molar-refractivity contribution in [2.24, 2.45) is 12.2 Å². The monoisotopic (exact) mass is 414 g/mol. The van der Waals surface area contributed by atoms with Crippen LogP contribution in [0.1, 0.15) is 25.4 Å². The van der Waals surface area contributed by atoms with Gasteiger partial charge in [-0.25, -0.2) is 9.78 Å². The number of H-pyrrole nitrogens is 1. The third kappa shape index (κ3) is 2.85. The molecule has 3 aromatic heterocycles. The molecule has 0 saturated heterocycles. The highest BCUT2D eigenvalue weighted by Crippen LogP contribution is 2.24. The maximum absolute atomic E-state index is 13.2. The minimum absolute atomic E-state index is 0.0617. The number of nitrogens with one attached hydrogen (secondary N) is 1. The molecule has 0 spiro atoms. The molecule has 4 aromatic rings. The molecule has 10 heteroatoms. The number of aromatic amines is 1. The van der Waals surface area contributed by atoms with Crippen molar-refractivity contribution < 1.29 is 5.21 Å². The van der Waals surface area contributed by atoms with Crippen LogP contribution in [0.15, 0.2) is 39.0 Å². The van der Waals surface area contributed by atoms with Gasteiger partial charge in [-0.05, 0) is 32.0 Å². The Morgan fingerprint density at radius 2 is 2.07 bits per heavy atom. The van der Waals surface area contributed by atoms with E-state index in [1.165, 1.54) is 13.7 Å². The van der Waals surface area contributed by atoms with Gasteiger partial charge in [0.15, 0.2) is 17.0 Å². The lowest BCUT2D eigenvalue weighted by Gasteiger charge is -2.09. The van der Waals surface area contributed by atoms with E-state index in [0.29, 0.717) is 23.1 Å². The molecule has 0 aliphatic carbocycles. The molecular formula is C19H19ClN6O3. The van der Waals surface area contributed by atoms with Crippen LogP contribution in [0.5, 0.6) is 0 Å². The Morgan fingerprint density at radius 3 is 2.72 bits per heavy atom. The summed E-state index contributed by atoms with van der Waals surface area (Å²) in [6, 6.07) is 7.33. The number of hydrogen-bond donors (Lipinski definition) is 2. The molecule has 0 atom stereocenters. The first-order chi connectivity index (χ1) is 13.9. The van der Waals surface area contributed by atoms with E-state index >= 15 is 0 Å². The standard InChI is InChI=1S/C19H19ClN6O3/c1-4-25-17-15(24(3)16(22-17)10(2)23-29)18(27)26(19(25)28)9-11-8-12-13(20)6-5-7-14(12)21-11/h5-8,21,29H,4,9H2,1-3H3/b23-10-.